The third-order valence-electron chi connectivity index (χ3n) is 2.49. The smallest absolute Gasteiger partial charge is 0.122 e. The Hall–Kier alpha value is -1.07. The summed E-state index contributed by atoms with van der Waals surface area (Å²) in [6, 6.07) is 1.87. The normalized spacial score (nSPS) is 21.6. The van der Waals surface area contributed by atoms with Crippen LogP contribution in [0, 0.1) is 0 Å². The predicted octanol–water partition coefficient (Wildman–Crippen LogP) is -0.0385. The zero-order chi connectivity index (χ0) is 9.97. The molecule has 0 bridgehead atoms. The second-order valence-corrected chi connectivity index (χ2v) is 3.50. The van der Waals surface area contributed by atoms with Crippen LogP contribution in [0.4, 0.5) is 5.82 Å². The molecule has 0 saturated carbocycles. The van der Waals surface area contributed by atoms with Crippen molar-refractivity contribution in [2.45, 2.75) is 18.9 Å². The molecule has 1 aliphatic rings. The minimum Gasteiger partial charge on any atom is -0.394 e. The highest BCUT2D eigenvalue weighted by atomic mass is 16.5. The Labute approximate surface area is 82.5 Å². The molecule has 14 heavy (non-hydrogen) atoms. The van der Waals surface area contributed by atoms with Crippen molar-refractivity contribution in [2.75, 3.05) is 25.6 Å². The Morgan fingerprint density at radius 3 is 3.21 bits per heavy atom. The van der Waals surface area contributed by atoms with Crippen molar-refractivity contribution < 1.29 is 9.84 Å². The van der Waals surface area contributed by atoms with E-state index in [1.807, 2.05) is 6.07 Å². The maximum absolute atomic E-state index is 8.78. The summed E-state index contributed by atoms with van der Waals surface area (Å²) >= 11 is 0. The predicted molar refractivity (Wildman–Crippen MR) is 51.9 cm³/mol. The van der Waals surface area contributed by atoms with E-state index in [9.17, 15) is 0 Å². The molecule has 2 rings (SSSR count). The Morgan fingerprint density at radius 2 is 2.57 bits per heavy atom. The summed E-state index contributed by atoms with van der Waals surface area (Å²) in [6.07, 6.45) is 1.01. The average molecular weight is 197 g/mol. The van der Waals surface area contributed by atoms with Crippen molar-refractivity contribution in [1.82, 2.24) is 9.78 Å². The van der Waals surface area contributed by atoms with E-state index < -0.39 is 0 Å². The van der Waals surface area contributed by atoms with Crippen LogP contribution in [0.1, 0.15) is 18.0 Å². The SMILES string of the molecule is Nc1cc(C2CCOC2)nn1CCO. The molecule has 3 N–H and O–H groups in total. The number of aliphatic hydroxyl groups is 1. The minimum atomic E-state index is 0.0620. The quantitative estimate of drug-likeness (QED) is 0.713. The zero-order valence-electron chi connectivity index (χ0n) is 8.02. The molecule has 0 radical (unpaired) electrons. The van der Waals surface area contributed by atoms with Crippen molar-refractivity contribution in [3.8, 4) is 0 Å². The third kappa shape index (κ3) is 1.73. The van der Waals surface area contributed by atoms with Gasteiger partial charge in [0.2, 0.25) is 0 Å². The van der Waals surface area contributed by atoms with Gasteiger partial charge in [-0.1, -0.05) is 0 Å². The molecule has 1 aromatic heterocycles. The molecule has 0 spiro atoms. The summed E-state index contributed by atoms with van der Waals surface area (Å²) in [5, 5.41) is 13.1. The molecule has 1 fully saturated rings. The van der Waals surface area contributed by atoms with Gasteiger partial charge in [-0.05, 0) is 6.42 Å². The number of rotatable bonds is 3. The molecule has 1 unspecified atom stereocenters. The number of aromatic nitrogens is 2. The van der Waals surface area contributed by atoms with Gasteiger partial charge in [-0.15, -0.1) is 0 Å². The van der Waals surface area contributed by atoms with E-state index in [4.69, 9.17) is 15.6 Å². The van der Waals surface area contributed by atoms with Gasteiger partial charge in [0.15, 0.2) is 0 Å². The number of anilines is 1. The largest absolute Gasteiger partial charge is 0.394 e. The molecule has 5 nitrogen and oxygen atoms in total. The molecular formula is C9H15N3O2. The number of hydrogen-bond acceptors (Lipinski definition) is 4. The number of hydrogen-bond donors (Lipinski definition) is 2. The lowest BCUT2D eigenvalue weighted by molar-refractivity contribution is 0.193. The Bertz CT molecular complexity index is 305. The van der Waals surface area contributed by atoms with Crippen LogP contribution in [0.15, 0.2) is 6.07 Å². The molecule has 1 atom stereocenters. The second-order valence-electron chi connectivity index (χ2n) is 3.50. The fourth-order valence-electron chi connectivity index (χ4n) is 1.69. The highest BCUT2D eigenvalue weighted by Crippen LogP contribution is 2.25. The van der Waals surface area contributed by atoms with E-state index >= 15 is 0 Å². The Balaban J connectivity index is 2.14. The molecule has 1 saturated heterocycles. The summed E-state index contributed by atoms with van der Waals surface area (Å²) in [5.74, 6) is 0.984. The van der Waals surface area contributed by atoms with Gasteiger partial charge in [-0.2, -0.15) is 5.10 Å². The average Bonchev–Trinajstić information content (AvgIpc) is 2.76. The van der Waals surface area contributed by atoms with Crippen LogP contribution >= 0.6 is 0 Å². The Kier molecular flexibility index (Phi) is 2.69. The van der Waals surface area contributed by atoms with E-state index in [1.54, 1.807) is 4.68 Å². The maximum atomic E-state index is 8.78. The first kappa shape index (κ1) is 9.48. The summed E-state index contributed by atoms with van der Waals surface area (Å²) in [4.78, 5) is 0. The van der Waals surface area contributed by atoms with Crippen LogP contribution in [0.25, 0.3) is 0 Å². The molecule has 1 aliphatic heterocycles. The fraction of sp³-hybridized carbons (Fsp3) is 0.667. The number of aliphatic hydroxyl groups excluding tert-OH is 1. The Morgan fingerprint density at radius 1 is 1.71 bits per heavy atom. The van der Waals surface area contributed by atoms with Gasteiger partial charge in [0.05, 0.1) is 25.5 Å². The molecule has 5 heteroatoms. The van der Waals surface area contributed by atoms with E-state index in [1.165, 1.54) is 0 Å². The van der Waals surface area contributed by atoms with Crippen LogP contribution in [0.5, 0.6) is 0 Å². The topological polar surface area (TPSA) is 73.3 Å². The van der Waals surface area contributed by atoms with Gasteiger partial charge in [-0.3, -0.25) is 0 Å². The van der Waals surface area contributed by atoms with Crippen molar-refractivity contribution in [1.29, 1.82) is 0 Å². The van der Waals surface area contributed by atoms with Gasteiger partial charge in [0, 0.05) is 18.6 Å². The fourth-order valence-corrected chi connectivity index (χ4v) is 1.69. The first-order chi connectivity index (χ1) is 6.81. The molecule has 1 aromatic rings. The van der Waals surface area contributed by atoms with Gasteiger partial charge in [0.1, 0.15) is 5.82 Å². The second kappa shape index (κ2) is 3.98. The van der Waals surface area contributed by atoms with E-state index in [0.29, 0.717) is 18.3 Å². The highest BCUT2D eigenvalue weighted by Gasteiger charge is 2.21. The molecule has 78 valence electrons. The summed E-state index contributed by atoms with van der Waals surface area (Å²) in [5.41, 5.74) is 6.72. The van der Waals surface area contributed by atoms with Crippen LogP contribution in [-0.2, 0) is 11.3 Å². The van der Waals surface area contributed by atoms with Crippen LogP contribution in [0.3, 0.4) is 0 Å². The summed E-state index contributed by atoms with van der Waals surface area (Å²) < 4.78 is 6.91. The first-order valence-electron chi connectivity index (χ1n) is 4.83. The standard InChI is InChI=1S/C9H15N3O2/c10-9-5-8(7-1-4-14-6-7)11-12(9)2-3-13/h5,7,13H,1-4,6,10H2. The molecule has 2 heterocycles. The van der Waals surface area contributed by atoms with Crippen LogP contribution in [-0.4, -0.2) is 34.7 Å². The molecule has 0 aromatic carbocycles. The van der Waals surface area contributed by atoms with E-state index in [2.05, 4.69) is 5.10 Å². The van der Waals surface area contributed by atoms with Crippen molar-refractivity contribution in [3.63, 3.8) is 0 Å². The van der Waals surface area contributed by atoms with Gasteiger partial charge < -0.3 is 15.6 Å². The highest BCUT2D eigenvalue weighted by molar-refractivity contribution is 5.32. The first-order valence-corrected chi connectivity index (χ1v) is 4.83. The molecular weight excluding hydrogens is 182 g/mol. The zero-order valence-corrected chi connectivity index (χ0v) is 8.02. The van der Waals surface area contributed by atoms with Crippen LogP contribution < -0.4 is 5.73 Å². The molecule has 0 aliphatic carbocycles. The molecule has 0 amide bonds. The van der Waals surface area contributed by atoms with E-state index in [0.717, 1.165) is 25.3 Å². The third-order valence-corrected chi connectivity index (χ3v) is 2.49. The maximum Gasteiger partial charge on any atom is 0.122 e. The number of nitrogen functional groups attached to an aromatic ring is 1. The summed E-state index contributed by atoms with van der Waals surface area (Å²) in [7, 11) is 0. The monoisotopic (exact) mass is 197 g/mol. The number of ether oxygens (including phenoxy) is 1. The lowest BCUT2D eigenvalue weighted by Crippen LogP contribution is -2.08. The summed E-state index contributed by atoms with van der Waals surface area (Å²) in [6.45, 7) is 2.05. The van der Waals surface area contributed by atoms with Gasteiger partial charge >= 0.3 is 0 Å². The van der Waals surface area contributed by atoms with Crippen molar-refractivity contribution >= 4 is 5.82 Å². The van der Waals surface area contributed by atoms with Gasteiger partial charge in [-0.25, -0.2) is 4.68 Å². The lowest BCUT2D eigenvalue weighted by atomic mass is 10.1. The lowest BCUT2D eigenvalue weighted by Gasteiger charge is -2.02. The number of nitrogens with zero attached hydrogens (tertiary/aromatic N) is 2. The number of nitrogens with two attached hydrogens (primary N) is 1. The van der Waals surface area contributed by atoms with Gasteiger partial charge in [0.25, 0.3) is 0 Å². The van der Waals surface area contributed by atoms with Crippen molar-refractivity contribution in [2.24, 2.45) is 0 Å². The minimum absolute atomic E-state index is 0.0620. The van der Waals surface area contributed by atoms with Crippen LogP contribution in [0.2, 0.25) is 0 Å². The van der Waals surface area contributed by atoms with Crippen molar-refractivity contribution in [3.05, 3.63) is 11.8 Å². The van der Waals surface area contributed by atoms with E-state index in [-0.39, 0.29) is 6.61 Å².